The fourth-order valence-corrected chi connectivity index (χ4v) is 3.31. The summed E-state index contributed by atoms with van der Waals surface area (Å²) in [5.41, 5.74) is 6.94. The predicted molar refractivity (Wildman–Crippen MR) is 103 cm³/mol. The van der Waals surface area contributed by atoms with E-state index in [1.807, 2.05) is 17.1 Å². The molecule has 2 aliphatic rings. The standard InChI is InChI=1S/C21H22N4/c1-3-25-14-18(13-23-25)17-11-16-7-5-9-20(21(16)22-12-17)24-19-8-4-6-15(2)10-19/h4-10,12-14,16,24H,3,11H2,1-2H3. The molecule has 126 valence electrons. The number of aryl methyl sites for hydroxylation is 2. The first-order chi connectivity index (χ1) is 12.2. The highest BCUT2D eigenvalue weighted by Gasteiger charge is 2.25. The van der Waals surface area contributed by atoms with E-state index in [-0.39, 0.29) is 0 Å². The van der Waals surface area contributed by atoms with Crippen LogP contribution in [-0.4, -0.2) is 15.5 Å². The maximum absolute atomic E-state index is 4.78. The van der Waals surface area contributed by atoms with E-state index in [1.165, 1.54) is 16.7 Å². The number of anilines is 1. The topological polar surface area (TPSA) is 42.2 Å². The van der Waals surface area contributed by atoms with Crippen molar-refractivity contribution in [3.8, 4) is 0 Å². The van der Waals surface area contributed by atoms with Crippen molar-refractivity contribution >= 4 is 17.0 Å². The smallest absolute Gasteiger partial charge is 0.0710 e. The molecule has 0 saturated heterocycles. The van der Waals surface area contributed by atoms with Crippen LogP contribution in [0.5, 0.6) is 0 Å². The Morgan fingerprint density at radius 2 is 2.24 bits per heavy atom. The van der Waals surface area contributed by atoms with Gasteiger partial charge in [0.2, 0.25) is 0 Å². The van der Waals surface area contributed by atoms with E-state index in [0.717, 1.165) is 30.1 Å². The van der Waals surface area contributed by atoms with E-state index in [4.69, 9.17) is 4.99 Å². The number of allylic oxidation sites excluding steroid dienone is 5. The molecular weight excluding hydrogens is 308 g/mol. The SMILES string of the molecule is CCn1cc(C2=CN=C3C(Nc4cccc(C)c4)=CC=CC3C2)cn1. The fraction of sp³-hybridized carbons (Fsp3) is 0.238. The summed E-state index contributed by atoms with van der Waals surface area (Å²) in [6, 6.07) is 8.41. The fourth-order valence-electron chi connectivity index (χ4n) is 3.31. The summed E-state index contributed by atoms with van der Waals surface area (Å²) in [6.45, 7) is 5.09. The van der Waals surface area contributed by atoms with Gasteiger partial charge in [-0.3, -0.25) is 9.67 Å². The normalized spacial score (nSPS) is 19.0. The van der Waals surface area contributed by atoms with Crippen LogP contribution in [0.3, 0.4) is 0 Å². The van der Waals surface area contributed by atoms with Crippen LogP contribution in [0.15, 0.2) is 71.8 Å². The summed E-state index contributed by atoms with van der Waals surface area (Å²) >= 11 is 0. The highest BCUT2D eigenvalue weighted by molar-refractivity contribution is 6.08. The molecule has 1 N–H and O–H groups in total. The average molecular weight is 330 g/mol. The number of hydrogen-bond acceptors (Lipinski definition) is 3. The number of benzene rings is 1. The monoisotopic (exact) mass is 330 g/mol. The van der Waals surface area contributed by atoms with Crippen LogP contribution in [0.1, 0.15) is 24.5 Å². The van der Waals surface area contributed by atoms with E-state index in [2.05, 4.69) is 73.0 Å². The summed E-state index contributed by atoms with van der Waals surface area (Å²) in [7, 11) is 0. The Morgan fingerprint density at radius 1 is 1.32 bits per heavy atom. The summed E-state index contributed by atoms with van der Waals surface area (Å²) in [4.78, 5) is 4.78. The van der Waals surface area contributed by atoms with Gasteiger partial charge in [-0.15, -0.1) is 0 Å². The summed E-state index contributed by atoms with van der Waals surface area (Å²) in [6.07, 6.45) is 13.4. The lowest BCUT2D eigenvalue weighted by Crippen LogP contribution is -2.24. The van der Waals surface area contributed by atoms with Crippen LogP contribution in [0, 0.1) is 12.8 Å². The van der Waals surface area contributed by atoms with Crippen LogP contribution in [0.25, 0.3) is 5.57 Å². The predicted octanol–water partition coefficient (Wildman–Crippen LogP) is 4.58. The van der Waals surface area contributed by atoms with Gasteiger partial charge in [-0.2, -0.15) is 5.10 Å². The van der Waals surface area contributed by atoms with Crippen molar-refractivity contribution in [3.05, 3.63) is 77.9 Å². The van der Waals surface area contributed by atoms with E-state index in [1.54, 1.807) is 0 Å². The first kappa shape index (κ1) is 15.6. The van der Waals surface area contributed by atoms with Gasteiger partial charge in [0.05, 0.1) is 17.6 Å². The molecular formula is C21H22N4. The molecule has 25 heavy (non-hydrogen) atoms. The number of fused-ring (bicyclic) bond motifs is 1. The van der Waals surface area contributed by atoms with Crippen LogP contribution in [0.4, 0.5) is 5.69 Å². The number of hydrogen-bond donors (Lipinski definition) is 1. The molecule has 0 radical (unpaired) electrons. The second-order valence-electron chi connectivity index (χ2n) is 6.52. The molecule has 1 unspecified atom stereocenters. The van der Waals surface area contributed by atoms with Gasteiger partial charge < -0.3 is 5.32 Å². The zero-order chi connectivity index (χ0) is 17.2. The molecule has 1 aliphatic heterocycles. The molecule has 1 aliphatic carbocycles. The zero-order valence-electron chi connectivity index (χ0n) is 14.6. The van der Waals surface area contributed by atoms with Crippen molar-refractivity contribution in [2.45, 2.75) is 26.8 Å². The molecule has 1 aromatic carbocycles. The van der Waals surface area contributed by atoms with Crippen LogP contribution in [0.2, 0.25) is 0 Å². The van der Waals surface area contributed by atoms with Gasteiger partial charge in [0, 0.05) is 36.1 Å². The Hall–Kier alpha value is -2.88. The number of rotatable bonds is 4. The summed E-state index contributed by atoms with van der Waals surface area (Å²) in [5, 5.41) is 7.90. The molecule has 0 saturated carbocycles. The lowest BCUT2D eigenvalue weighted by molar-refractivity contribution is 0.659. The minimum absolute atomic E-state index is 0.308. The third-order valence-corrected chi connectivity index (χ3v) is 4.66. The molecule has 4 nitrogen and oxygen atoms in total. The van der Waals surface area contributed by atoms with Gasteiger partial charge >= 0.3 is 0 Å². The van der Waals surface area contributed by atoms with Crippen LogP contribution >= 0.6 is 0 Å². The van der Waals surface area contributed by atoms with Gasteiger partial charge in [0.25, 0.3) is 0 Å². The van der Waals surface area contributed by atoms with E-state index in [9.17, 15) is 0 Å². The quantitative estimate of drug-likeness (QED) is 0.891. The highest BCUT2D eigenvalue weighted by atomic mass is 15.3. The summed E-state index contributed by atoms with van der Waals surface area (Å²) in [5.74, 6) is 0.308. The highest BCUT2D eigenvalue weighted by Crippen LogP contribution is 2.32. The minimum atomic E-state index is 0.308. The zero-order valence-corrected chi connectivity index (χ0v) is 14.6. The average Bonchev–Trinajstić information content (AvgIpc) is 3.11. The maximum atomic E-state index is 4.78. The van der Waals surface area contributed by atoms with Crippen LogP contribution < -0.4 is 5.32 Å². The maximum Gasteiger partial charge on any atom is 0.0710 e. The number of nitrogens with zero attached hydrogens (tertiary/aromatic N) is 3. The molecule has 0 spiro atoms. The largest absolute Gasteiger partial charge is 0.354 e. The minimum Gasteiger partial charge on any atom is -0.354 e. The van der Waals surface area contributed by atoms with E-state index in [0.29, 0.717) is 5.92 Å². The van der Waals surface area contributed by atoms with Gasteiger partial charge in [-0.1, -0.05) is 24.3 Å². The van der Waals surface area contributed by atoms with Gasteiger partial charge in [0.15, 0.2) is 0 Å². The lowest BCUT2D eigenvalue weighted by Gasteiger charge is -2.26. The molecule has 2 heterocycles. The molecule has 4 rings (SSSR count). The van der Waals surface area contributed by atoms with Crippen molar-refractivity contribution in [3.63, 3.8) is 0 Å². The van der Waals surface area contributed by atoms with E-state index < -0.39 is 0 Å². The number of aromatic nitrogens is 2. The Bertz CT molecular complexity index is 911. The second kappa shape index (κ2) is 6.55. The van der Waals surface area contributed by atoms with Gasteiger partial charge in [-0.25, -0.2) is 0 Å². The van der Waals surface area contributed by atoms with Crippen molar-refractivity contribution < 1.29 is 0 Å². The van der Waals surface area contributed by atoms with Gasteiger partial charge in [-0.05, 0) is 49.6 Å². The van der Waals surface area contributed by atoms with Crippen molar-refractivity contribution in [2.75, 3.05) is 5.32 Å². The van der Waals surface area contributed by atoms with Crippen molar-refractivity contribution in [2.24, 2.45) is 10.9 Å². The molecule has 4 heteroatoms. The lowest BCUT2D eigenvalue weighted by atomic mass is 9.86. The second-order valence-corrected chi connectivity index (χ2v) is 6.52. The van der Waals surface area contributed by atoms with Crippen molar-refractivity contribution in [1.29, 1.82) is 0 Å². The molecule has 1 aromatic heterocycles. The Balaban J connectivity index is 1.60. The third-order valence-electron chi connectivity index (χ3n) is 4.66. The Morgan fingerprint density at radius 3 is 3.04 bits per heavy atom. The van der Waals surface area contributed by atoms with Gasteiger partial charge in [0.1, 0.15) is 0 Å². The molecule has 1 atom stereocenters. The molecule has 0 amide bonds. The Labute approximate surface area is 148 Å². The summed E-state index contributed by atoms with van der Waals surface area (Å²) < 4.78 is 1.96. The number of aliphatic imine (C=N–C) groups is 1. The molecule has 0 fully saturated rings. The Kier molecular flexibility index (Phi) is 4.10. The first-order valence-corrected chi connectivity index (χ1v) is 8.75. The molecule has 2 aromatic rings. The number of nitrogens with one attached hydrogen (secondary N) is 1. The molecule has 0 bridgehead atoms. The van der Waals surface area contributed by atoms with E-state index >= 15 is 0 Å². The third kappa shape index (κ3) is 3.20. The van der Waals surface area contributed by atoms with Crippen LogP contribution in [-0.2, 0) is 6.54 Å². The first-order valence-electron chi connectivity index (χ1n) is 8.75. The van der Waals surface area contributed by atoms with Crippen molar-refractivity contribution in [1.82, 2.24) is 9.78 Å².